The molecule has 5 heterocycles. The van der Waals surface area contributed by atoms with Crippen LogP contribution in [0.1, 0.15) is 23.7 Å². The predicted molar refractivity (Wildman–Crippen MR) is 101 cm³/mol. The van der Waals surface area contributed by atoms with Gasteiger partial charge in [-0.25, -0.2) is 9.97 Å². The number of furan rings is 2. The second-order valence-corrected chi connectivity index (χ2v) is 6.88. The smallest absolute Gasteiger partial charge is 0.134 e. The standard InChI is InChI=1S/C20H22N4O4/c1-3-15(25-7-1)17-12-23(5-9-27-17)19-11-20(22-14-21-19)24-6-10-28-18(13-24)16-4-2-8-26-16/h1-4,7-8,11,14,17-18H,5-6,9-10,12-13H2. The number of morpholine rings is 2. The summed E-state index contributed by atoms with van der Waals surface area (Å²) in [6.07, 6.45) is 4.80. The highest BCUT2D eigenvalue weighted by Gasteiger charge is 2.27. The fourth-order valence-electron chi connectivity index (χ4n) is 3.69. The van der Waals surface area contributed by atoms with Crippen molar-refractivity contribution >= 4 is 11.6 Å². The average Bonchev–Trinajstić information content (AvgIpc) is 3.48. The van der Waals surface area contributed by atoms with Crippen LogP contribution in [0.3, 0.4) is 0 Å². The largest absolute Gasteiger partial charge is 0.467 e. The van der Waals surface area contributed by atoms with Crippen LogP contribution in [0, 0.1) is 0 Å². The van der Waals surface area contributed by atoms with E-state index in [2.05, 4.69) is 19.8 Å². The number of hydrogen-bond acceptors (Lipinski definition) is 8. The summed E-state index contributed by atoms with van der Waals surface area (Å²) in [5.41, 5.74) is 0. The van der Waals surface area contributed by atoms with Crippen LogP contribution in [-0.2, 0) is 9.47 Å². The molecule has 0 spiro atoms. The second kappa shape index (κ2) is 7.65. The van der Waals surface area contributed by atoms with Crippen LogP contribution in [0.15, 0.2) is 58.0 Å². The molecule has 0 radical (unpaired) electrons. The van der Waals surface area contributed by atoms with Crippen LogP contribution in [-0.4, -0.2) is 49.4 Å². The number of rotatable bonds is 4. The van der Waals surface area contributed by atoms with Crippen LogP contribution in [0.4, 0.5) is 11.6 Å². The average molecular weight is 382 g/mol. The molecule has 2 saturated heterocycles. The van der Waals surface area contributed by atoms with Gasteiger partial charge in [0, 0.05) is 19.2 Å². The predicted octanol–water partition coefficient (Wildman–Crippen LogP) is 2.82. The maximum Gasteiger partial charge on any atom is 0.134 e. The molecule has 8 heteroatoms. The normalized spacial score (nSPS) is 23.1. The zero-order valence-electron chi connectivity index (χ0n) is 15.4. The van der Waals surface area contributed by atoms with E-state index >= 15 is 0 Å². The Morgan fingerprint density at radius 3 is 1.79 bits per heavy atom. The minimum absolute atomic E-state index is 0.0890. The van der Waals surface area contributed by atoms with E-state index in [1.807, 2.05) is 30.3 Å². The second-order valence-electron chi connectivity index (χ2n) is 6.88. The van der Waals surface area contributed by atoms with Crippen molar-refractivity contribution in [1.29, 1.82) is 0 Å². The molecule has 2 aliphatic rings. The Labute approximate surface area is 162 Å². The lowest BCUT2D eigenvalue weighted by Crippen LogP contribution is -2.40. The van der Waals surface area contributed by atoms with Gasteiger partial charge < -0.3 is 28.1 Å². The summed E-state index contributed by atoms with van der Waals surface area (Å²) in [5, 5.41) is 0. The molecule has 0 saturated carbocycles. The number of hydrogen-bond donors (Lipinski definition) is 0. The molecule has 8 nitrogen and oxygen atoms in total. The van der Waals surface area contributed by atoms with Crippen molar-refractivity contribution in [3.8, 4) is 0 Å². The summed E-state index contributed by atoms with van der Waals surface area (Å²) in [5.74, 6) is 3.47. The van der Waals surface area contributed by atoms with Gasteiger partial charge in [0.05, 0.1) is 38.8 Å². The van der Waals surface area contributed by atoms with Gasteiger partial charge in [-0.1, -0.05) is 0 Å². The number of anilines is 2. The lowest BCUT2D eigenvalue weighted by molar-refractivity contribution is 0.0250. The van der Waals surface area contributed by atoms with E-state index < -0.39 is 0 Å². The maximum atomic E-state index is 5.86. The summed E-state index contributed by atoms with van der Waals surface area (Å²) < 4.78 is 22.7. The minimum Gasteiger partial charge on any atom is -0.467 e. The topological polar surface area (TPSA) is 77.0 Å². The first-order valence-corrected chi connectivity index (χ1v) is 9.49. The molecule has 2 atom stereocenters. The first kappa shape index (κ1) is 17.3. The summed E-state index contributed by atoms with van der Waals surface area (Å²) >= 11 is 0. The third-order valence-corrected chi connectivity index (χ3v) is 5.14. The molecular formula is C20H22N4O4. The first-order valence-electron chi connectivity index (χ1n) is 9.49. The molecule has 0 amide bonds. The highest BCUT2D eigenvalue weighted by molar-refractivity contribution is 5.51. The Morgan fingerprint density at radius 2 is 1.32 bits per heavy atom. The van der Waals surface area contributed by atoms with Crippen LogP contribution < -0.4 is 9.80 Å². The van der Waals surface area contributed by atoms with E-state index in [1.165, 1.54) is 0 Å². The molecule has 3 aromatic rings. The van der Waals surface area contributed by atoms with Crippen LogP contribution in [0.25, 0.3) is 0 Å². The molecule has 2 fully saturated rings. The minimum atomic E-state index is -0.0890. The van der Waals surface area contributed by atoms with Gasteiger partial charge in [-0.15, -0.1) is 0 Å². The fourth-order valence-corrected chi connectivity index (χ4v) is 3.69. The molecule has 2 unspecified atom stereocenters. The van der Waals surface area contributed by atoms with E-state index in [1.54, 1.807) is 18.9 Å². The van der Waals surface area contributed by atoms with Crippen LogP contribution in [0.2, 0.25) is 0 Å². The highest BCUT2D eigenvalue weighted by atomic mass is 16.5. The quantitative estimate of drug-likeness (QED) is 0.682. The van der Waals surface area contributed by atoms with Gasteiger partial charge in [0.1, 0.15) is 41.7 Å². The zero-order valence-corrected chi connectivity index (χ0v) is 15.4. The summed E-state index contributed by atoms with van der Waals surface area (Å²) in [4.78, 5) is 13.4. The van der Waals surface area contributed by atoms with E-state index in [9.17, 15) is 0 Å². The van der Waals surface area contributed by atoms with Crippen molar-refractivity contribution < 1.29 is 18.3 Å². The van der Waals surface area contributed by atoms with Crippen molar-refractivity contribution in [2.75, 3.05) is 49.2 Å². The third kappa shape index (κ3) is 3.48. The van der Waals surface area contributed by atoms with Crippen LogP contribution >= 0.6 is 0 Å². The van der Waals surface area contributed by atoms with Crippen molar-refractivity contribution in [2.45, 2.75) is 12.2 Å². The summed E-state index contributed by atoms with van der Waals surface area (Å²) in [7, 11) is 0. The van der Waals surface area contributed by atoms with E-state index in [-0.39, 0.29) is 12.2 Å². The lowest BCUT2D eigenvalue weighted by Gasteiger charge is -2.35. The van der Waals surface area contributed by atoms with Crippen LogP contribution in [0.5, 0.6) is 0 Å². The molecule has 3 aromatic heterocycles. The van der Waals surface area contributed by atoms with Gasteiger partial charge in [-0.2, -0.15) is 0 Å². The zero-order chi connectivity index (χ0) is 18.8. The van der Waals surface area contributed by atoms with Gasteiger partial charge in [0.15, 0.2) is 0 Å². The molecule has 0 aromatic carbocycles. The SMILES string of the molecule is c1coc(C2CN(c3cc(N4CCOC(c5ccco5)C4)ncn3)CCO2)c1. The highest BCUT2D eigenvalue weighted by Crippen LogP contribution is 2.29. The fraction of sp³-hybridized carbons (Fsp3) is 0.400. The summed E-state index contributed by atoms with van der Waals surface area (Å²) in [6, 6.07) is 9.70. The van der Waals surface area contributed by atoms with E-state index in [4.69, 9.17) is 18.3 Å². The molecule has 5 rings (SSSR count). The van der Waals surface area contributed by atoms with Crippen molar-refractivity contribution in [3.63, 3.8) is 0 Å². The molecule has 0 aliphatic carbocycles. The molecule has 146 valence electrons. The Hall–Kier alpha value is -2.84. The Morgan fingerprint density at radius 1 is 0.786 bits per heavy atom. The molecule has 0 N–H and O–H groups in total. The van der Waals surface area contributed by atoms with Gasteiger partial charge in [-0.3, -0.25) is 0 Å². The van der Waals surface area contributed by atoms with Gasteiger partial charge in [0.25, 0.3) is 0 Å². The van der Waals surface area contributed by atoms with Gasteiger partial charge in [0.2, 0.25) is 0 Å². The molecule has 2 aliphatic heterocycles. The van der Waals surface area contributed by atoms with Gasteiger partial charge >= 0.3 is 0 Å². The summed E-state index contributed by atoms with van der Waals surface area (Å²) in [6.45, 7) is 4.22. The Kier molecular flexibility index (Phi) is 4.72. The number of aromatic nitrogens is 2. The number of nitrogens with zero attached hydrogens (tertiary/aromatic N) is 4. The first-order chi connectivity index (χ1) is 13.9. The monoisotopic (exact) mass is 382 g/mol. The van der Waals surface area contributed by atoms with Crippen molar-refractivity contribution in [1.82, 2.24) is 9.97 Å². The van der Waals surface area contributed by atoms with E-state index in [0.717, 1.165) is 36.2 Å². The maximum absolute atomic E-state index is 5.86. The van der Waals surface area contributed by atoms with Crippen molar-refractivity contribution in [2.24, 2.45) is 0 Å². The molecular weight excluding hydrogens is 360 g/mol. The van der Waals surface area contributed by atoms with E-state index in [0.29, 0.717) is 26.3 Å². The molecule has 28 heavy (non-hydrogen) atoms. The van der Waals surface area contributed by atoms with Crippen molar-refractivity contribution in [3.05, 3.63) is 60.7 Å². The third-order valence-electron chi connectivity index (χ3n) is 5.14. The van der Waals surface area contributed by atoms with Gasteiger partial charge in [-0.05, 0) is 24.3 Å². The Balaban J connectivity index is 1.32. The Bertz CT molecular complexity index is 814. The number of ether oxygens (including phenoxy) is 2. The lowest BCUT2D eigenvalue weighted by atomic mass is 10.2. The molecule has 0 bridgehead atoms.